The lowest BCUT2D eigenvalue weighted by Crippen LogP contribution is -2.42. The van der Waals surface area contributed by atoms with Gasteiger partial charge in [-0.05, 0) is 97.5 Å². The Kier molecular flexibility index (Phi) is 16.8. The van der Waals surface area contributed by atoms with Crippen LogP contribution in [-0.4, -0.2) is 98.7 Å². The zero-order chi connectivity index (χ0) is 42.0. The fraction of sp³-hybridized carbons (Fsp3) is 0.333. The third-order valence-corrected chi connectivity index (χ3v) is 8.58. The average molecular weight is 803 g/mol. The van der Waals surface area contributed by atoms with Crippen LogP contribution >= 0.6 is 0 Å². The summed E-state index contributed by atoms with van der Waals surface area (Å²) in [7, 11) is 1.52. The first-order chi connectivity index (χ1) is 27.8. The molecule has 0 saturated carbocycles. The molecule has 0 unspecified atom stereocenters. The van der Waals surface area contributed by atoms with E-state index >= 15 is 0 Å². The van der Waals surface area contributed by atoms with Crippen LogP contribution in [-0.2, 0) is 36.5 Å². The molecule has 4 aromatic carbocycles. The average Bonchev–Trinajstić information content (AvgIpc) is 3.21. The highest BCUT2D eigenvalue weighted by atomic mass is 16.6. The molecule has 0 heterocycles. The SMILES string of the molecule is COCCOC(=O)Nc1ccc(Cc2ccc(NC(=O)OCC(CO)(CO)COC(=O)Nc3ccc(Cc4ccc(NC(=O)OC(C)(C)CO)cc4)cc3)cc2)cc1. The minimum atomic E-state index is -1.46. The first kappa shape index (κ1) is 44.5. The minimum absolute atomic E-state index is 0.153. The van der Waals surface area contributed by atoms with E-state index in [1.807, 2.05) is 48.5 Å². The Hall–Kier alpha value is -6.20. The van der Waals surface area contributed by atoms with Gasteiger partial charge in [0.05, 0.1) is 31.8 Å². The second kappa shape index (κ2) is 21.9. The van der Waals surface area contributed by atoms with Gasteiger partial charge in [-0.2, -0.15) is 0 Å². The molecule has 16 heteroatoms. The zero-order valence-corrected chi connectivity index (χ0v) is 32.6. The van der Waals surface area contributed by atoms with Crippen molar-refractivity contribution in [1.29, 1.82) is 0 Å². The number of methoxy groups -OCH3 is 1. The van der Waals surface area contributed by atoms with E-state index in [-0.39, 0.29) is 13.2 Å². The normalized spacial score (nSPS) is 11.2. The fourth-order valence-electron chi connectivity index (χ4n) is 5.11. The fourth-order valence-corrected chi connectivity index (χ4v) is 5.11. The van der Waals surface area contributed by atoms with Gasteiger partial charge < -0.3 is 39.0 Å². The van der Waals surface area contributed by atoms with Gasteiger partial charge in [0.1, 0.15) is 25.4 Å². The number of ether oxygens (including phenoxy) is 5. The van der Waals surface area contributed by atoms with E-state index in [1.165, 1.54) is 7.11 Å². The number of nitrogens with one attached hydrogen (secondary N) is 4. The maximum atomic E-state index is 12.6. The Morgan fingerprint density at radius 3 is 1.12 bits per heavy atom. The van der Waals surface area contributed by atoms with Gasteiger partial charge in [0, 0.05) is 29.9 Å². The maximum absolute atomic E-state index is 12.6. The summed E-state index contributed by atoms with van der Waals surface area (Å²) in [6, 6.07) is 28.6. The maximum Gasteiger partial charge on any atom is 0.412 e. The van der Waals surface area contributed by atoms with Gasteiger partial charge in [-0.25, -0.2) is 19.2 Å². The standard InChI is InChI=1S/C42H50N4O12/c1-41(2,24-47)58-40(53)46-36-18-10-32(11-19-36)23-31-8-16-35(17-9-31)45-39(52)57-28-42(25-48,26-49)27-56-38(51)44-34-14-6-30(7-15-34)22-29-4-12-33(13-5-29)43-37(50)55-21-20-54-3/h4-19,47-49H,20-28H2,1-3H3,(H,43,50)(H,44,51)(H,45,52)(H,46,53). The molecule has 0 spiro atoms. The predicted octanol–water partition coefficient (Wildman–Crippen LogP) is 6.15. The van der Waals surface area contributed by atoms with Crippen LogP contribution in [0.15, 0.2) is 97.1 Å². The lowest BCUT2D eigenvalue weighted by Gasteiger charge is -2.28. The van der Waals surface area contributed by atoms with Crippen LogP contribution < -0.4 is 21.3 Å². The third kappa shape index (κ3) is 15.0. The molecule has 4 amide bonds. The molecule has 16 nitrogen and oxygen atoms in total. The quantitative estimate of drug-likeness (QED) is 0.0419. The Morgan fingerprint density at radius 1 is 0.483 bits per heavy atom. The van der Waals surface area contributed by atoms with Crippen molar-refractivity contribution in [1.82, 2.24) is 0 Å². The molecule has 4 aromatic rings. The molecule has 4 rings (SSSR count). The van der Waals surface area contributed by atoms with Gasteiger partial charge in [-0.3, -0.25) is 21.3 Å². The van der Waals surface area contributed by atoms with Gasteiger partial charge >= 0.3 is 24.4 Å². The summed E-state index contributed by atoms with van der Waals surface area (Å²) in [5.74, 6) is 0. The van der Waals surface area contributed by atoms with E-state index in [2.05, 4.69) is 21.3 Å². The predicted molar refractivity (Wildman–Crippen MR) is 216 cm³/mol. The van der Waals surface area contributed by atoms with Crippen LogP contribution in [0.5, 0.6) is 0 Å². The molecule has 58 heavy (non-hydrogen) atoms. The van der Waals surface area contributed by atoms with E-state index in [9.17, 15) is 34.5 Å². The van der Waals surface area contributed by atoms with Crippen molar-refractivity contribution in [3.8, 4) is 0 Å². The van der Waals surface area contributed by atoms with E-state index < -0.39 is 61.8 Å². The number of rotatable bonds is 19. The molecule has 0 atom stereocenters. The molecule has 0 aliphatic rings. The molecule has 0 fully saturated rings. The van der Waals surface area contributed by atoms with Crippen molar-refractivity contribution in [3.63, 3.8) is 0 Å². The number of hydrogen-bond donors (Lipinski definition) is 7. The minimum Gasteiger partial charge on any atom is -0.448 e. The number of anilines is 4. The van der Waals surface area contributed by atoms with Crippen molar-refractivity contribution < 1.29 is 58.2 Å². The smallest absolute Gasteiger partial charge is 0.412 e. The van der Waals surface area contributed by atoms with E-state index in [0.29, 0.717) is 42.2 Å². The number of aliphatic hydroxyl groups is 3. The highest BCUT2D eigenvalue weighted by molar-refractivity contribution is 5.86. The van der Waals surface area contributed by atoms with E-state index in [0.717, 1.165) is 22.3 Å². The third-order valence-electron chi connectivity index (χ3n) is 8.58. The summed E-state index contributed by atoms with van der Waals surface area (Å²) < 4.78 is 25.6. The number of benzene rings is 4. The van der Waals surface area contributed by atoms with Gasteiger partial charge in [0.2, 0.25) is 0 Å². The molecular formula is C42H50N4O12. The highest BCUT2D eigenvalue weighted by Crippen LogP contribution is 2.21. The van der Waals surface area contributed by atoms with Crippen LogP contribution in [0.3, 0.4) is 0 Å². The number of hydrogen-bond acceptors (Lipinski definition) is 12. The number of carbonyl (C=O) groups excluding carboxylic acids is 4. The lowest BCUT2D eigenvalue weighted by atomic mass is 9.92. The van der Waals surface area contributed by atoms with Crippen LogP contribution in [0.1, 0.15) is 36.1 Å². The van der Waals surface area contributed by atoms with E-state index in [4.69, 9.17) is 23.7 Å². The molecule has 310 valence electrons. The van der Waals surface area contributed by atoms with Crippen molar-refractivity contribution >= 4 is 47.1 Å². The molecule has 0 bridgehead atoms. The summed E-state index contributed by atoms with van der Waals surface area (Å²) in [6.45, 7) is 1.21. The van der Waals surface area contributed by atoms with Crippen molar-refractivity contribution in [2.75, 3.05) is 74.6 Å². The molecule has 0 saturated heterocycles. The first-order valence-corrected chi connectivity index (χ1v) is 18.3. The molecule has 0 aromatic heterocycles. The molecular weight excluding hydrogens is 752 g/mol. The van der Waals surface area contributed by atoms with E-state index in [1.54, 1.807) is 62.4 Å². The summed E-state index contributed by atoms with van der Waals surface area (Å²) in [5, 5.41) is 39.8. The topological polar surface area (TPSA) is 223 Å². The number of amides is 4. The Morgan fingerprint density at radius 2 is 0.810 bits per heavy atom. The number of aliphatic hydroxyl groups excluding tert-OH is 3. The van der Waals surface area contributed by atoms with Gasteiger partial charge in [-0.15, -0.1) is 0 Å². The van der Waals surface area contributed by atoms with Gasteiger partial charge in [-0.1, -0.05) is 48.5 Å². The monoisotopic (exact) mass is 802 g/mol. The van der Waals surface area contributed by atoms with Crippen LogP contribution in [0, 0.1) is 5.41 Å². The summed E-state index contributed by atoms with van der Waals surface area (Å²) in [4.78, 5) is 49.0. The Labute approximate surface area is 336 Å². The lowest BCUT2D eigenvalue weighted by molar-refractivity contribution is -0.0378. The molecule has 0 aliphatic carbocycles. The second-order valence-corrected chi connectivity index (χ2v) is 14.0. The highest BCUT2D eigenvalue weighted by Gasteiger charge is 2.33. The molecule has 0 radical (unpaired) electrons. The Bertz CT molecular complexity index is 1920. The van der Waals surface area contributed by atoms with Crippen molar-refractivity contribution in [2.45, 2.75) is 32.3 Å². The van der Waals surface area contributed by atoms with Crippen molar-refractivity contribution in [3.05, 3.63) is 119 Å². The summed E-state index contributed by atoms with van der Waals surface area (Å²) in [5.41, 5.74) is 3.45. The summed E-state index contributed by atoms with van der Waals surface area (Å²) >= 11 is 0. The van der Waals surface area contributed by atoms with Gasteiger partial charge in [0.15, 0.2) is 0 Å². The Balaban J connectivity index is 1.18. The zero-order valence-electron chi connectivity index (χ0n) is 32.6. The first-order valence-electron chi connectivity index (χ1n) is 18.3. The van der Waals surface area contributed by atoms with Crippen molar-refractivity contribution in [2.24, 2.45) is 5.41 Å². The van der Waals surface area contributed by atoms with Gasteiger partial charge in [0.25, 0.3) is 0 Å². The summed E-state index contributed by atoms with van der Waals surface area (Å²) in [6.07, 6.45) is -1.73. The van der Waals surface area contributed by atoms with Crippen LogP contribution in [0.4, 0.5) is 41.9 Å². The molecule has 0 aliphatic heterocycles. The van der Waals surface area contributed by atoms with Crippen LogP contribution in [0.25, 0.3) is 0 Å². The number of carbonyl (C=O) groups is 4. The van der Waals surface area contributed by atoms with Crippen LogP contribution in [0.2, 0.25) is 0 Å². The molecule has 7 N–H and O–H groups in total. The second-order valence-electron chi connectivity index (χ2n) is 14.0. The largest absolute Gasteiger partial charge is 0.448 e.